The van der Waals surface area contributed by atoms with Crippen molar-refractivity contribution in [3.05, 3.63) is 29.8 Å². The Morgan fingerprint density at radius 2 is 2.14 bits per heavy atom. The van der Waals surface area contributed by atoms with Crippen LogP contribution in [-0.4, -0.2) is 32.1 Å². The van der Waals surface area contributed by atoms with Crippen LogP contribution in [0.5, 0.6) is 0 Å². The molecule has 1 aromatic carbocycles. The molecule has 1 aliphatic carbocycles. The molecule has 0 bridgehead atoms. The van der Waals surface area contributed by atoms with Crippen LogP contribution in [-0.2, 0) is 14.3 Å². The van der Waals surface area contributed by atoms with E-state index >= 15 is 0 Å². The van der Waals surface area contributed by atoms with Gasteiger partial charge in [0.15, 0.2) is 0 Å². The van der Waals surface area contributed by atoms with Crippen LogP contribution in [0.3, 0.4) is 0 Å². The summed E-state index contributed by atoms with van der Waals surface area (Å²) in [4.78, 5) is 23.9. The summed E-state index contributed by atoms with van der Waals surface area (Å²) in [6.07, 6.45) is 1.33. The summed E-state index contributed by atoms with van der Waals surface area (Å²) >= 11 is 0. The first kappa shape index (κ1) is 16.0. The van der Waals surface area contributed by atoms with Gasteiger partial charge in [0, 0.05) is 25.9 Å². The highest BCUT2D eigenvalue weighted by Crippen LogP contribution is 2.39. The van der Waals surface area contributed by atoms with Crippen molar-refractivity contribution < 1.29 is 14.3 Å². The van der Waals surface area contributed by atoms with Crippen LogP contribution in [0.2, 0.25) is 0 Å². The van der Waals surface area contributed by atoms with Gasteiger partial charge in [-0.15, -0.1) is 0 Å². The number of carbonyl (C=O) groups excluding carboxylic acids is 2. The van der Waals surface area contributed by atoms with Crippen LogP contribution in [0, 0.1) is 23.2 Å². The van der Waals surface area contributed by atoms with E-state index in [0.29, 0.717) is 30.8 Å². The number of nitrogens with zero attached hydrogens (tertiary/aromatic N) is 1. The lowest BCUT2D eigenvalue weighted by Gasteiger charge is -2.06. The van der Waals surface area contributed by atoms with Crippen LogP contribution in [0.4, 0.5) is 5.69 Å². The number of methoxy groups -OCH3 is 1. The summed E-state index contributed by atoms with van der Waals surface area (Å²) in [5.41, 5.74) is 1.07. The van der Waals surface area contributed by atoms with Gasteiger partial charge >= 0.3 is 0 Å². The molecule has 1 aromatic rings. The molecule has 0 spiro atoms. The van der Waals surface area contributed by atoms with Gasteiger partial charge in [0.25, 0.3) is 0 Å². The van der Waals surface area contributed by atoms with Crippen molar-refractivity contribution in [2.75, 3.05) is 25.6 Å². The molecule has 0 heterocycles. The Hall–Kier alpha value is -2.39. The number of nitriles is 1. The molecular weight excluding hydrogens is 282 g/mol. The number of amides is 2. The standard InChI is InChI=1S/C16H19N3O3/c1-22-7-3-6-18-15(20)13-9-14(13)16(21)19-12-5-2-4-11(8-12)10-17/h2,4-5,8,13-14H,3,6-7,9H2,1H3,(H,18,20)(H,19,21). The summed E-state index contributed by atoms with van der Waals surface area (Å²) < 4.78 is 4.91. The average molecular weight is 301 g/mol. The van der Waals surface area contributed by atoms with Gasteiger partial charge in [-0.05, 0) is 31.0 Å². The van der Waals surface area contributed by atoms with E-state index in [9.17, 15) is 9.59 Å². The van der Waals surface area contributed by atoms with Crippen molar-refractivity contribution in [1.82, 2.24) is 5.32 Å². The average Bonchev–Trinajstić information content (AvgIpc) is 3.32. The second kappa shape index (κ2) is 7.57. The minimum atomic E-state index is -0.284. The highest BCUT2D eigenvalue weighted by atomic mass is 16.5. The number of rotatable bonds is 7. The van der Waals surface area contributed by atoms with E-state index in [2.05, 4.69) is 10.6 Å². The molecule has 0 aromatic heterocycles. The van der Waals surface area contributed by atoms with Gasteiger partial charge in [-0.2, -0.15) is 5.26 Å². The van der Waals surface area contributed by atoms with Gasteiger partial charge in [-0.3, -0.25) is 9.59 Å². The normalized spacial score (nSPS) is 19.1. The smallest absolute Gasteiger partial charge is 0.228 e. The van der Waals surface area contributed by atoms with Crippen molar-refractivity contribution >= 4 is 17.5 Å². The zero-order valence-corrected chi connectivity index (χ0v) is 12.5. The first-order valence-corrected chi connectivity index (χ1v) is 7.23. The first-order valence-electron chi connectivity index (χ1n) is 7.23. The Morgan fingerprint density at radius 3 is 2.86 bits per heavy atom. The Labute approximate surface area is 129 Å². The largest absolute Gasteiger partial charge is 0.385 e. The maximum atomic E-state index is 12.1. The Kier molecular flexibility index (Phi) is 5.50. The molecule has 6 nitrogen and oxygen atoms in total. The van der Waals surface area contributed by atoms with Gasteiger partial charge in [0.2, 0.25) is 11.8 Å². The molecule has 0 radical (unpaired) electrons. The first-order chi connectivity index (χ1) is 10.7. The molecule has 1 aliphatic rings. The summed E-state index contributed by atoms with van der Waals surface area (Å²) in [5, 5.41) is 14.4. The zero-order valence-electron chi connectivity index (χ0n) is 12.5. The molecule has 1 saturated carbocycles. The maximum Gasteiger partial charge on any atom is 0.228 e. The lowest BCUT2D eigenvalue weighted by molar-refractivity contribution is -0.125. The van der Waals surface area contributed by atoms with E-state index in [-0.39, 0.29) is 23.7 Å². The molecule has 2 atom stereocenters. The third kappa shape index (κ3) is 4.30. The molecule has 2 unspecified atom stereocenters. The molecule has 0 aliphatic heterocycles. The van der Waals surface area contributed by atoms with Crippen molar-refractivity contribution in [1.29, 1.82) is 5.26 Å². The van der Waals surface area contributed by atoms with E-state index in [1.54, 1.807) is 31.4 Å². The summed E-state index contributed by atoms with van der Waals surface area (Å²) in [5.74, 6) is -0.788. The number of nitrogens with one attached hydrogen (secondary N) is 2. The highest BCUT2D eigenvalue weighted by molar-refractivity contribution is 5.99. The Morgan fingerprint density at radius 1 is 1.36 bits per heavy atom. The Balaban J connectivity index is 1.78. The zero-order chi connectivity index (χ0) is 15.9. The number of hydrogen-bond donors (Lipinski definition) is 2. The van der Waals surface area contributed by atoms with Crippen LogP contribution in [0.25, 0.3) is 0 Å². The van der Waals surface area contributed by atoms with Gasteiger partial charge in [-0.25, -0.2) is 0 Å². The highest BCUT2D eigenvalue weighted by Gasteiger charge is 2.47. The van der Waals surface area contributed by atoms with E-state index in [1.807, 2.05) is 6.07 Å². The molecule has 2 amide bonds. The lowest BCUT2D eigenvalue weighted by Crippen LogP contribution is -2.28. The third-order valence-corrected chi connectivity index (χ3v) is 3.55. The SMILES string of the molecule is COCCCNC(=O)C1CC1C(=O)Nc1cccc(C#N)c1. The third-order valence-electron chi connectivity index (χ3n) is 3.55. The monoisotopic (exact) mass is 301 g/mol. The lowest BCUT2D eigenvalue weighted by atomic mass is 10.2. The fraction of sp³-hybridized carbons (Fsp3) is 0.438. The van der Waals surface area contributed by atoms with Crippen LogP contribution in [0.1, 0.15) is 18.4 Å². The molecule has 0 saturated heterocycles. The predicted octanol–water partition coefficient (Wildman–Crippen LogP) is 1.29. The Bertz CT molecular complexity index is 595. The molecule has 1 fully saturated rings. The van der Waals surface area contributed by atoms with Gasteiger partial charge in [-0.1, -0.05) is 6.07 Å². The number of ether oxygens (including phenoxy) is 1. The summed E-state index contributed by atoms with van der Waals surface area (Å²) in [7, 11) is 1.62. The van der Waals surface area contributed by atoms with Crippen LogP contribution < -0.4 is 10.6 Å². The molecule has 116 valence electrons. The molecule has 22 heavy (non-hydrogen) atoms. The van der Waals surface area contributed by atoms with Crippen LogP contribution >= 0.6 is 0 Å². The van der Waals surface area contributed by atoms with Crippen molar-refractivity contribution in [3.63, 3.8) is 0 Å². The summed E-state index contributed by atoms with van der Waals surface area (Å²) in [6, 6.07) is 8.73. The van der Waals surface area contributed by atoms with Crippen molar-refractivity contribution in [2.24, 2.45) is 11.8 Å². The second-order valence-electron chi connectivity index (χ2n) is 5.27. The van der Waals surface area contributed by atoms with E-state index in [1.165, 1.54) is 0 Å². The molecular formula is C16H19N3O3. The molecule has 2 rings (SSSR count). The number of carbonyl (C=O) groups is 2. The maximum absolute atomic E-state index is 12.1. The van der Waals surface area contributed by atoms with Crippen LogP contribution in [0.15, 0.2) is 24.3 Å². The summed E-state index contributed by atoms with van der Waals surface area (Å²) in [6.45, 7) is 1.16. The fourth-order valence-corrected chi connectivity index (χ4v) is 2.24. The van der Waals surface area contributed by atoms with Gasteiger partial charge in [0.1, 0.15) is 0 Å². The van der Waals surface area contributed by atoms with Gasteiger partial charge in [0.05, 0.1) is 23.5 Å². The second-order valence-corrected chi connectivity index (χ2v) is 5.27. The van der Waals surface area contributed by atoms with E-state index in [0.717, 1.165) is 6.42 Å². The fourth-order valence-electron chi connectivity index (χ4n) is 2.24. The molecule has 6 heteroatoms. The minimum absolute atomic E-state index is 0.0815. The predicted molar refractivity (Wildman–Crippen MR) is 80.9 cm³/mol. The number of anilines is 1. The van der Waals surface area contributed by atoms with Crippen molar-refractivity contribution in [3.8, 4) is 6.07 Å². The van der Waals surface area contributed by atoms with Gasteiger partial charge < -0.3 is 15.4 Å². The van der Waals surface area contributed by atoms with E-state index in [4.69, 9.17) is 10.00 Å². The topological polar surface area (TPSA) is 91.2 Å². The number of hydrogen-bond acceptors (Lipinski definition) is 4. The van der Waals surface area contributed by atoms with E-state index < -0.39 is 0 Å². The van der Waals surface area contributed by atoms with Crippen molar-refractivity contribution in [2.45, 2.75) is 12.8 Å². The molecule has 2 N–H and O–H groups in total. The number of benzene rings is 1. The minimum Gasteiger partial charge on any atom is -0.385 e. The quantitative estimate of drug-likeness (QED) is 0.742.